The van der Waals surface area contributed by atoms with Gasteiger partial charge in [0.25, 0.3) is 5.75 Å². The number of pyridine rings is 1. The second-order valence-corrected chi connectivity index (χ2v) is 4.96. The molecule has 0 atom stereocenters. The number of halogens is 1. The van der Waals surface area contributed by atoms with Gasteiger partial charge in [0.2, 0.25) is 6.20 Å². The van der Waals surface area contributed by atoms with Crippen molar-refractivity contribution in [2.75, 3.05) is 7.11 Å². The average Bonchev–Trinajstić information content (AvgIpc) is 2.48. The molecule has 0 unspecified atom stereocenters. The van der Waals surface area contributed by atoms with Crippen LogP contribution in [0.2, 0.25) is 0 Å². The molecule has 22 heavy (non-hydrogen) atoms. The van der Waals surface area contributed by atoms with Crippen LogP contribution in [0.15, 0.2) is 41.1 Å². The molecule has 0 aliphatic carbocycles. The van der Waals surface area contributed by atoms with Crippen molar-refractivity contribution in [2.24, 2.45) is 0 Å². The topological polar surface area (TPSA) is 106 Å². The molecule has 0 fully saturated rings. The number of carbonyl (C=O) groups is 1. The summed E-state index contributed by atoms with van der Waals surface area (Å²) in [5, 5.41) is 22.3. The number of rotatable bonds is 4. The fraction of sp³-hybridized carbons (Fsp3) is 0.0769. The van der Waals surface area contributed by atoms with Crippen molar-refractivity contribution in [1.82, 2.24) is 0 Å². The molecule has 9 heteroatoms. The lowest BCUT2D eigenvalue weighted by Crippen LogP contribution is -2.24. The summed E-state index contributed by atoms with van der Waals surface area (Å²) in [6.07, 6.45) is 1.88. The summed E-state index contributed by atoms with van der Waals surface area (Å²) in [7, 11) is 1.20. The largest absolute Gasteiger partial charge is 0.619 e. The molecule has 8 nitrogen and oxygen atoms in total. The number of carbonyl (C=O) groups excluding carboxylic acids is 1. The maximum atomic E-state index is 11.7. The van der Waals surface area contributed by atoms with Gasteiger partial charge in [-0.3, -0.25) is 10.1 Å². The van der Waals surface area contributed by atoms with E-state index in [1.165, 1.54) is 19.2 Å². The van der Waals surface area contributed by atoms with E-state index in [9.17, 15) is 20.1 Å². The van der Waals surface area contributed by atoms with E-state index in [2.05, 4.69) is 20.7 Å². The lowest BCUT2D eigenvalue weighted by atomic mass is 10.2. The van der Waals surface area contributed by atoms with Gasteiger partial charge in [-0.2, -0.15) is 4.73 Å². The van der Waals surface area contributed by atoms with Crippen molar-refractivity contribution in [3.8, 4) is 11.5 Å². The minimum Gasteiger partial charge on any atom is -0.619 e. The molecule has 114 valence electrons. The van der Waals surface area contributed by atoms with Crippen molar-refractivity contribution < 1.29 is 23.9 Å². The SMILES string of the molecule is COC(=O)c1cc(Br)ccc1Oc1c[n+]([O-])ccc1[N+](=O)[O-]. The zero-order valence-electron chi connectivity index (χ0n) is 11.2. The zero-order valence-corrected chi connectivity index (χ0v) is 12.8. The monoisotopic (exact) mass is 368 g/mol. The Balaban J connectivity index is 2.50. The molecule has 0 amide bonds. The molecule has 1 aromatic heterocycles. The third-order valence-corrected chi connectivity index (χ3v) is 3.13. The van der Waals surface area contributed by atoms with Crippen LogP contribution >= 0.6 is 15.9 Å². The van der Waals surface area contributed by atoms with Gasteiger partial charge in [-0.15, -0.1) is 0 Å². The minimum absolute atomic E-state index is 0.0318. The maximum absolute atomic E-state index is 11.7. The van der Waals surface area contributed by atoms with E-state index in [0.717, 1.165) is 18.5 Å². The molecule has 0 N–H and O–H groups in total. The van der Waals surface area contributed by atoms with Crippen LogP contribution in [-0.2, 0) is 4.74 Å². The Morgan fingerprint density at radius 3 is 2.68 bits per heavy atom. The summed E-state index contributed by atoms with van der Waals surface area (Å²) in [6.45, 7) is 0. The highest BCUT2D eigenvalue weighted by Gasteiger charge is 2.22. The van der Waals surface area contributed by atoms with Crippen LogP contribution in [0.25, 0.3) is 0 Å². The predicted molar refractivity (Wildman–Crippen MR) is 77.6 cm³/mol. The van der Waals surface area contributed by atoms with E-state index in [0.29, 0.717) is 9.20 Å². The molecular formula is C13H9BrN2O6. The number of nitrogens with zero attached hydrogens (tertiary/aromatic N) is 2. The highest BCUT2D eigenvalue weighted by molar-refractivity contribution is 9.10. The fourth-order valence-corrected chi connectivity index (χ4v) is 2.02. The Bertz CT molecular complexity index is 749. The average molecular weight is 369 g/mol. The third kappa shape index (κ3) is 3.31. The first-order valence-corrected chi connectivity index (χ1v) is 6.64. The normalized spacial score (nSPS) is 10.1. The van der Waals surface area contributed by atoms with Crippen LogP contribution in [0.4, 0.5) is 5.69 Å². The Morgan fingerprint density at radius 2 is 2.05 bits per heavy atom. The summed E-state index contributed by atoms with van der Waals surface area (Å²) >= 11 is 3.20. The van der Waals surface area contributed by atoms with Crippen LogP contribution in [-0.4, -0.2) is 18.0 Å². The summed E-state index contributed by atoms with van der Waals surface area (Å²) in [6, 6.07) is 5.48. The number of aromatic nitrogens is 1. The molecule has 1 aromatic carbocycles. The number of methoxy groups -OCH3 is 1. The quantitative estimate of drug-likeness (QED) is 0.270. The van der Waals surface area contributed by atoms with E-state index < -0.39 is 16.6 Å². The zero-order chi connectivity index (χ0) is 16.3. The first-order chi connectivity index (χ1) is 10.4. The van der Waals surface area contributed by atoms with Gasteiger partial charge in [-0.05, 0) is 18.2 Å². The second-order valence-electron chi connectivity index (χ2n) is 4.05. The first kappa shape index (κ1) is 15.7. The van der Waals surface area contributed by atoms with Crippen molar-refractivity contribution in [3.05, 3.63) is 62.0 Å². The lowest BCUT2D eigenvalue weighted by Gasteiger charge is -2.10. The molecule has 0 saturated carbocycles. The van der Waals surface area contributed by atoms with Gasteiger partial charge in [-0.25, -0.2) is 4.79 Å². The van der Waals surface area contributed by atoms with E-state index in [-0.39, 0.29) is 17.1 Å². The predicted octanol–water partition coefficient (Wildman–Crippen LogP) is 2.57. The number of hydrogen-bond acceptors (Lipinski definition) is 6. The van der Waals surface area contributed by atoms with Crippen molar-refractivity contribution >= 4 is 27.6 Å². The number of benzene rings is 1. The smallest absolute Gasteiger partial charge is 0.341 e. The van der Waals surface area contributed by atoms with Crippen LogP contribution in [0.3, 0.4) is 0 Å². The summed E-state index contributed by atoms with van der Waals surface area (Å²) in [5.41, 5.74) is -0.335. The fourth-order valence-electron chi connectivity index (χ4n) is 1.66. The molecular weight excluding hydrogens is 360 g/mol. The molecule has 0 bridgehead atoms. The van der Waals surface area contributed by atoms with E-state index in [1.807, 2.05) is 0 Å². The van der Waals surface area contributed by atoms with Crippen LogP contribution < -0.4 is 9.47 Å². The van der Waals surface area contributed by atoms with Gasteiger partial charge < -0.3 is 14.7 Å². The van der Waals surface area contributed by atoms with E-state index >= 15 is 0 Å². The Morgan fingerprint density at radius 1 is 1.32 bits per heavy atom. The molecule has 1 heterocycles. The third-order valence-electron chi connectivity index (χ3n) is 2.64. The first-order valence-electron chi connectivity index (χ1n) is 5.85. The number of ether oxygens (including phenoxy) is 2. The molecule has 0 aliphatic rings. The Kier molecular flexibility index (Phi) is 4.56. The van der Waals surface area contributed by atoms with Gasteiger partial charge in [0, 0.05) is 4.47 Å². The van der Waals surface area contributed by atoms with E-state index in [1.54, 1.807) is 6.07 Å². The van der Waals surface area contributed by atoms with Gasteiger partial charge in [0.15, 0.2) is 6.20 Å². The van der Waals surface area contributed by atoms with E-state index in [4.69, 9.17) is 4.74 Å². The summed E-state index contributed by atoms with van der Waals surface area (Å²) in [5.74, 6) is -0.927. The standard InChI is InChI=1S/C13H9BrN2O6/c1-21-13(17)9-6-8(14)2-3-11(9)22-12-7-15(18)5-4-10(12)16(19)20/h2-7H,1H3. The van der Waals surface area contributed by atoms with Gasteiger partial charge in [0.05, 0.1) is 18.1 Å². The molecule has 0 aliphatic heterocycles. The maximum Gasteiger partial charge on any atom is 0.341 e. The highest BCUT2D eigenvalue weighted by atomic mass is 79.9. The molecule has 2 rings (SSSR count). The van der Waals surface area contributed by atoms with Crippen LogP contribution in [0.1, 0.15) is 10.4 Å². The van der Waals surface area contributed by atoms with Crippen molar-refractivity contribution in [3.63, 3.8) is 0 Å². The second kappa shape index (κ2) is 6.39. The number of hydrogen-bond donors (Lipinski definition) is 0. The highest BCUT2D eigenvalue weighted by Crippen LogP contribution is 2.33. The van der Waals surface area contributed by atoms with Crippen molar-refractivity contribution in [2.45, 2.75) is 0 Å². The van der Waals surface area contributed by atoms with Crippen LogP contribution in [0, 0.1) is 15.3 Å². The van der Waals surface area contributed by atoms with Crippen molar-refractivity contribution in [1.29, 1.82) is 0 Å². The van der Waals surface area contributed by atoms with Crippen LogP contribution in [0.5, 0.6) is 11.5 Å². The molecule has 2 aromatic rings. The Hall–Kier alpha value is -2.68. The van der Waals surface area contributed by atoms with Gasteiger partial charge in [-0.1, -0.05) is 15.9 Å². The molecule has 0 radical (unpaired) electrons. The summed E-state index contributed by atoms with van der Waals surface area (Å²) < 4.78 is 11.0. The van der Waals surface area contributed by atoms with Gasteiger partial charge >= 0.3 is 11.7 Å². The minimum atomic E-state index is -0.688. The molecule has 0 spiro atoms. The number of nitro groups is 1. The molecule has 0 saturated heterocycles. The van der Waals surface area contributed by atoms with Gasteiger partial charge in [0.1, 0.15) is 11.3 Å². The Labute approximate surface area is 132 Å². The summed E-state index contributed by atoms with van der Waals surface area (Å²) in [4.78, 5) is 22.0. The number of esters is 1. The lowest BCUT2D eigenvalue weighted by molar-refractivity contribution is -0.606.